The van der Waals surface area contributed by atoms with E-state index in [4.69, 9.17) is 14.9 Å². The maximum atomic E-state index is 11.9. The summed E-state index contributed by atoms with van der Waals surface area (Å²) in [5.41, 5.74) is 9.06. The van der Waals surface area contributed by atoms with Crippen molar-refractivity contribution in [3.05, 3.63) is 39.2 Å². The zero-order valence-corrected chi connectivity index (χ0v) is 14.1. The van der Waals surface area contributed by atoms with Gasteiger partial charge in [0.2, 0.25) is 0 Å². The van der Waals surface area contributed by atoms with Crippen LogP contribution in [-0.4, -0.2) is 12.6 Å². The van der Waals surface area contributed by atoms with Gasteiger partial charge in [-0.05, 0) is 51.3 Å². The molecule has 124 valence electrons. The van der Waals surface area contributed by atoms with Crippen LogP contribution < -0.4 is 16.1 Å². The minimum absolute atomic E-state index is 0.229. The van der Waals surface area contributed by atoms with E-state index in [1.165, 1.54) is 12.8 Å². The van der Waals surface area contributed by atoms with E-state index in [1.807, 2.05) is 26.0 Å². The first-order valence-electron chi connectivity index (χ1n) is 8.41. The van der Waals surface area contributed by atoms with Crippen molar-refractivity contribution in [2.75, 3.05) is 6.61 Å². The fourth-order valence-corrected chi connectivity index (χ4v) is 3.42. The molecular formula is C19H25NO3. The molecule has 23 heavy (non-hydrogen) atoms. The topological polar surface area (TPSA) is 65.5 Å². The predicted molar refractivity (Wildman–Crippen MR) is 92.1 cm³/mol. The van der Waals surface area contributed by atoms with E-state index in [9.17, 15) is 4.79 Å². The molecular weight excluding hydrogens is 290 g/mol. The number of benzene rings is 1. The fraction of sp³-hybridized carbons (Fsp3) is 0.526. The summed E-state index contributed by atoms with van der Waals surface area (Å²) in [7, 11) is 0. The van der Waals surface area contributed by atoms with Crippen molar-refractivity contribution in [1.29, 1.82) is 0 Å². The third-order valence-electron chi connectivity index (χ3n) is 5.24. The van der Waals surface area contributed by atoms with Gasteiger partial charge in [0.25, 0.3) is 0 Å². The molecule has 2 aromatic rings. The molecule has 0 aliphatic heterocycles. The lowest BCUT2D eigenvalue weighted by atomic mass is 9.86. The lowest BCUT2D eigenvalue weighted by Gasteiger charge is -2.28. The Morgan fingerprint density at radius 1 is 1.13 bits per heavy atom. The predicted octanol–water partition coefficient (Wildman–Crippen LogP) is 3.61. The molecule has 2 N–H and O–H groups in total. The molecule has 0 saturated heterocycles. The Kier molecular flexibility index (Phi) is 4.44. The van der Waals surface area contributed by atoms with Crippen LogP contribution in [0.3, 0.4) is 0 Å². The van der Waals surface area contributed by atoms with Gasteiger partial charge in [0.05, 0.1) is 6.61 Å². The number of hydrogen-bond acceptors (Lipinski definition) is 4. The number of hydrogen-bond donors (Lipinski definition) is 1. The minimum Gasteiger partial charge on any atom is -0.493 e. The molecule has 1 saturated carbocycles. The second-order valence-corrected chi connectivity index (χ2v) is 6.72. The molecule has 1 aliphatic carbocycles. The third kappa shape index (κ3) is 3.00. The molecule has 1 fully saturated rings. The number of nitrogens with two attached hydrogens (primary N) is 1. The molecule has 1 aliphatic rings. The SMILES string of the molecule is Cc1c(C)c2ccc(OC[C@@H]3CCCC[C@H]3N)c(C)c2oc1=O. The van der Waals surface area contributed by atoms with Gasteiger partial charge in [-0.1, -0.05) is 12.8 Å². The van der Waals surface area contributed by atoms with Crippen molar-refractivity contribution in [3.8, 4) is 5.75 Å². The van der Waals surface area contributed by atoms with E-state index in [-0.39, 0.29) is 11.7 Å². The fourth-order valence-electron chi connectivity index (χ4n) is 3.42. The van der Waals surface area contributed by atoms with Gasteiger partial charge < -0.3 is 14.9 Å². The highest BCUT2D eigenvalue weighted by Gasteiger charge is 2.23. The normalized spacial score (nSPS) is 21.6. The van der Waals surface area contributed by atoms with Crippen molar-refractivity contribution in [2.45, 2.75) is 52.5 Å². The number of aryl methyl sites for hydroxylation is 2. The molecule has 1 heterocycles. The summed E-state index contributed by atoms with van der Waals surface area (Å²) in [4.78, 5) is 11.9. The first-order chi connectivity index (χ1) is 11.0. The molecule has 4 heteroatoms. The van der Waals surface area contributed by atoms with Gasteiger partial charge in [0, 0.05) is 28.5 Å². The first kappa shape index (κ1) is 16.1. The summed E-state index contributed by atoms with van der Waals surface area (Å²) in [5, 5.41) is 0.973. The highest BCUT2D eigenvalue weighted by atomic mass is 16.5. The zero-order chi connectivity index (χ0) is 16.6. The smallest absolute Gasteiger partial charge is 0.339 e. The molecule has 2 atom stereocenters. The summed E-state index contributed by atoms with van der Waals surface area (Å²) in [5.74, 6) is 1.19. The highest BCUT2D eigenvalue weighted by Crippen LogP contribution is 2.30. The van der Waals surface area contributed by atoms with E-state index in [2.05, 4.69) is 0 Å². The Morgan fingerprint density at radius 2 is 1.87 bits per heavy atom. The average Bonchev–Trinajstić information content (AvgIpc) is 2.54. The molecule has 0 radical (unpaired) electrons. The monoisotopic (exact) mass is 315 g/mol. The van der Waals surface area contributed by atoms with Crippen LogP contribution in [0.15, 0.2) is 21.3 Å². The van der Waals surface area contributed by atoms with Gasteiger partial charge >= 0.3 is 5.63 Å². The molecule has 1 aromatic carbocycles. The molecule has 0 unspecified atom stereocenters. The quantitative estimate of drug-likeness (QED) is 0.879. The molecule has 1 aromatic heterocycles. The summed E-state index contributed by atoms with van der Waals surface area (Å²) in [6, 6.07) is 4.18. The van der Waals surface area contributed by atoms with Crippen LogP contribution in [0.4, 0.5) is 0 Å². The Bertz CT molecular complexity index is 778. The zero-order valence-electron chi connectivity index (χ0n) is 14.1. The minimum atomic E-state index is -0.274. The lowest BCUT2D eigenvalue weighted by molar-refractivity contribution is 0.187. The van der Waals surface area contributed by atoms with Crippen molar-refractivity contribution in [1.82, 2.24) is 0 Å². The number of rotatable bonds is 3. The summed E-state index contributed by atoms with van der Waals surface area (Å²) >= 11 is 0. The van der Waals surface area contributed by atoms with Crippen molar-refractivity contribution >= 4 is 11.0 Å². The Balaban J connectivity index is 1.89. The van der Waals surface area contributed by atoms with Crippen LogP contribution in [-0.2, 0) is 0 Å². The van der Waals surface area contributed by atoms with Crippen LogP contribution in [0.5, 0.6) is 5.75 Å². The second kappa shape index (κ2) is 6.36. The molecule has 4 nitrogen and oxygen atoms in total. The molecule has 0 bridgehead atoms. The molecule has 0 spiro atoms. The van der Waals surface area contributed by atoms with Crippen LogP contribution >= 0.6 is 0 Å². The van der Waals surface area contributed by atoms with Crippen LogP contribution in [0.25, 0.3) is 11.0 Å². The van der Waals surface area contributed by atoms with Gasteiger partial charge in [0.15, 0.2) is 0 Å². The van der Waals surface area contributed by atoms with E-state index in [0.717, 1.165) is 35.1 Å². The average molecular weight is 315 g/mol. The van der Waals surface area contributed by atoms with E-state index < -0.39 is 0 Å². The number of ether oxygens (including phenoxy) is 1. The number of fused-ring (bicyclic) bond motifs is 1. The Hall–Kier alpha value is -1.81. The third-order valence-corrected chi connectivity index (χ3v) is 5.24. The van der Waals surface area contributed by atoms with Gasteiger partial charge in [-0.2, -0.15) is 0 Å². The maximum absolute atomic E-state index is 11.9. The van der Waals surface area contributed by atoms with E-state index in [1.54, 1.807) is 6.92 Å². The summed E-state index contributed by atoms with van der Waals surface area (Å²) in [6.45, 7) is 6.32. The second-order valence-electron chi connectivity index (χ2n) is 6.72. The van der Waals surface area contributed by atoms with E-state index in [0.29, 0.717) is 23.7 Å². The standard InChI is InChI=1S/C19H25NO3/c1-11-12(2)19(21)23-18-13(3)17(9-8-15(11)18)22-10-14-6-4-5-7-16(14)20/h8-9,14,16H,4-7,10,20H2,1-3H3/t14-,16+/m0/s1. The summed E-state index contributed by atoms with van der Waals surface area (Å²) in [6.07, 6.45) is 4.65. The Labute approximate surface area is 136 Å². The van der Waals surface area contributed by atoms with Crippen LogP contribution in [0.2, 0.25) is 0 Å². The van der Waals surface area contributed by atoms with Crippen LogP contribution in [0, 0.1) is 26.7 Å². The van der Waals surface area contributed by atoms with Gasteiger partial charge in [-0.15, -0.1) is 0 Å². The Morgan fingerprint density at radius 3 is 2.61 bits per heavy atom. The molecule has 0 amide bonds. The van der Waals surface area contributed by atoms with Crippen LogP contribution in [0.1, 0.15) is 42.4 Å². The van der Waals surface area contributed by atoms with E-state index >= 15 is 0 Å². The lowest BCUT2D eigenvalue weighted by Crippen LogP contribution is -2.36. The first-order valence-corrected chi connectivity index (χ1v) is 8.41. The van der Waals surface area contributed by atoms with Crippen molar-refractivity contribution < 1.29 is 9.15 Å². The molecule has 3 rings (SSSR count). The van der Waals surface area contributed by atoms with Crippen molar-refractivity contribution in [2.24, 2.45) is 11.7 Å². The van der Waals surface area contributed by atoms with Gasteiger partial charge in [-0.25, -0.2) is 4.79 Å². The summed E-state index contributed by atoms with van der Waals surface area (Å²) < 4.78 is 11.5. The van der Waals surface area contributed by atoms with Crippen molar-refractivity contribution in [3.63, 3.8) is 0 Å². The highest BCUT2D eigenvalue weighted by molar-refractivity contribution is 5.85. The van der Waals surface area contributed by atoms with Gasteiger partial charge in [-0.3, -0.25) is 0 Å². The maximum Gasteiger partial charge on any atom is 0.339 e. The largest absolute Gasteiger partial charge is 0.493 e. The van der Waals surface area contributed by atoms with Gasteiger partial charge in [0.1, 0.15) is 11.3 Å².